The highest BCUT2D eigenvalue weighted by atomic mass is 16.6. The lowest BCUT2D eigenvalue weighted by molar-refractivity contribution is -0.148. The van der Waals surface area contributed by atoms with Gasteiger partial charge in [-0.25, -0.2) is 4.79 Å². The molecule has 2 aromatic rings. The number of hydrogen-bond donors (Lipinski definition) is 0. The van der Waals surface area contributed by atoms with Gasteiger partial charge in [-0.3, -0.25) is 0 Å². The Morgan fingerprint density at radius 3 is 2.18 bits per heavy atom. The summed E-state index contributed by atoms with van der Waals surface area (Å²) >= 11 is 0. The number of hydrogen-bond acceptors (Lipinski definition) is 3. The maximum absolute atomic E-state index is 11.9. The van der Waals surface area contributed by atoms with Gasteiger partial charge in [-0.2, -0.15) is 0 Å². The van der Waals surface area contributed by atoms with Crippen molar-refractivity contribution in [2.45, 2.75) is 32.3 Å². The van der Waals surface area contributed by atoms with Gasteiger partial charge in [0.15, 0.2) is 6.10 Å². The van der Waals surface area contributed by atoms with Gasteiger partial charge in [0, 0.05) is 6.42 Å². The lowest BCUT2D eigenvalue weighted by atomic mass is 10.0. The monoisotopic (exact) mass is 298 g/mol. The number of rotatable bonds is 6. The second-order valence-electron chi connectivity index (χ2n) is 5.54. The first-order valence-electron chi connectivity index (χ1n) is 7.48. The molecule has 2 aromatic carbocycles. The van der Waals surface area contributed by atoms with Gasteiger partial charge in [0.1, 0.15) is 5.75 Å². The number of benzene rings is 2. The van der Waals surface area contributed by atoms with Crippen LogP contribution in [0.5, 0.6) is 5.75 Å². The summed E-state index contributed by atoms with van der Waals surface area (Å²) in [6.45, 7) is 4.28. The van der Waals surface area contributed by atoms with Gasteiger partial charge in [0.2, 0.25) is 0 Å². The quantitative estimate of drug-likeness (QED) is 0.757. The van der Waals surface area contributed by atoms with E-state index in [0.717, 1.165) is 5.56 Å². The molecule has 0 N–H and O–H groups in total. The highest BCUT2D eigenvalue weighted by Crippen LogP contribution is 2.20. The van der Waals surface area contributed by atoms with E-state index >= 15 is 0 Å². The minimum Gasteiger partial charge on any atom is -0.478 e. The van der Waals surface area contributed by atoms with Crippen LogP contribution in [0.4, 0.5) is 0 Å². The average molecular weight is 298 g/mol. The van der Waals surface area contributed by atoms with Gasteiger partial charge in [-0.05, 0) is 29.2 Å². The molecule has 0 saturated heterocycles. The predicted octanol–water partition coefficient (Wildman–Crippen LogP) is 3.97. The largest absolute Gasteiger partial charge is 0.478 e. The van der Waals surface area contributed by atoms with Crippen molar-refractivity contribution in [3.05, 3.63) is 65.7 Å². The third-order valence-electron chi connectivity index (χ3n) is 3.55. The van der Waals surface area contributed by atoms with Gasteiger partial charge in [0.05, 0.1) is 7.11 Å². The van der Waals surface area contributed by atoms with E-state index in [-0.39, 0.29) is 5.97 Å². The lowest BCUT2D eigenvalue weighted by Crippen LogP contribution is -2.30. The summed E-state index contributed by atoms with van der Waals surface area (Å²) in [5, 5.41) is 0. The van der Waals surface area contributed by atoms with Crippen molar-refractivity contribution in [2.75, 3.05) is 7.11 Å². The van der Waals surface area contributed by atoms with E-state index < -0.39 is 6.10 Å². The topological polar surface area (TPSA) is 35.5 Å². The summed E-state index contributed by atoms with van der Waals surface area (Å²) < 4.78 is 10.7. The molecule has 0 bridgehead atoms. The van der Waals surface area contributed by atoms with E-state index in [1.165, 1.54) is 12.7 Å². The van der Waals surface area contributed by atoms with Crippen molar-refractivity contribution < 1.29 is 14.3 Å². The Morgan fingerprint density at radius 2 is 1.64 bits per heavy atom. The molecule has 0 fully saturated rings. The van der Waals surface area contributed by atoms with Crippen molar-refractivity contribution in [2.24, 2.45) is 0 Å². The van der Waals surface area contributed by atoms with Gasteiger partial charge >= 0.3 is 5.97 Å². The zero-order chi connectivity index (χ0) is 15.9. The second-order valence-corrected chi connectivity index (χ2v) is 5.54. The molecule has 0 radical (unpaired) electrons. The predicted molar refractivity (Wildman–Crippen MR) is 87.1 cm³/mol. The Balaban J connectivity index is 2.11. The molecule has 0 aliphatic rings. The van der Waals surface area contributed by atoms with Crippen LogP contribution in [0.1, 0.15) is 30.9 Å². The molecule has 0 aromatic heterocycles. The van der Waals surface area contributed by atoms with Gasteiger partial charge in [0.25, 0.3) is 0 Å². The standard InChI is InChI=1S/C19H22O3/c1-14(2)16-9-11-17(12-10-16)22-18(19(20)21-3)13-15-7-5-4-6-8-15/h4-12,14,18H,13H2,1-3H3. The minimum atomic E-state index is -0.641. The zero-order valence-corrected chi connectivity index (χ0v) is 13.3. The van der Waals surface area contributed by atoms with Crippen molar-refractivity contribution in [3.8, 4) is 5.75 Å². The van der Waals surface area contributed by atoms with E-state index in [2.05, 4.69) is 13.8 Å². The fourth-order valence-electron chi connectivity index (χ4n) is 2.23. The Labute approximate surface area is 131 Å². The van der Waals surface area contributed by atoms with Gasteiger partial charge < -0.3 is 9.47 Å². The third-order valence-corrected chi connectivity index (χ3v) is 3.55. The molecule has 22 heavy (non-hydrogen) atoms. The molecule has 0 spiro atoms. The van der Waals surface area contributed by atoms with Crippen LogP contribution in [0, 0.1) is 0 Å². The molecule has 3 heteroatoms. The maximum atomic E-state index is 11.9. The number of ether oxygens (including phenoxy) is 2. The smallest absolute Gasteiger partial charge is 0.347 e. The highest BCUT2D eigenvalue weighted by molar-refractivity contribution is 5.75. The van der Waals surface area contributed by atoms with Crippen molar-refractivity contribution in [1.29, 1.82) is 0 Å². The second kappa shape index (κ2) is 7.64. The van der Waals surface area contributed by atoms with Crippen LogP contribution in [-0.2, 0) is 16.0 Å². The molecule has 3 nitrogen and oxygen atoms in total. The summed E-state index contributed by atoms with van der Waals surface area (Å²) in [7, 11) is 1.38. The average Bonchev–Trinajstić information content (AvgIpc) is 2.55. The third kappa shape index (κ3) is 4.35. The van der Waals surface area contributed by atoms with Crippen molar-refractivity contribution in [1.82, 2.24) is 0 Å². The zero-order valence-electron chi connectivity index (χ0n) is 13.3. The van der Waals surface area contributed by atoms with E-state index in [1.54, 1.807) is 0 Å². The van der Waals surface area contributed by atoms with E-state index in [4.69, 9.17) is 9.47 Å². The molecule has 0 amide bonds. The maximum Gasteiger partial charge on any atom is 0.347 e. The Kier molecular flexibility index (Phi) is 5.59. The van der Waals surface area contributed by atoms with Crippen molar-refractivity contribution >= 4 is 5.97 Å². The minimum absolute atomic E-state index is 0.364. The molecule has 0 aliphatic carbocycles. The molecule has 0 aliphatic heterocycles. The summed E-state index contributed by atoms with van der Waals surface area (Å²) in [6, 6.07) is 17.6. The molecule has 116 valence electrons. The number of carbonyl (C=O) groups is 1. The van der Waals surface area contributed by atoms with E-state index in [1.807, 2.05) is 54.6 Å². The van der Waals surface area contributed by atoms with E-state index in [0.29, 0.717) is 18.1 Å². The Bertz CT molecular complexity index is 588. The van der Waals surface area contributed by atoms with Crippen molar-refractivity contribution in [3.63, 3.8) is 0 Å². The number of methoxy groups -OCH3 is 1. The van der Waals surface area contributed by atoms with Gasteiger partial charge in [-0.1, -0.05) is 56.3 Å². The van der Waals surface area contributed by atoms with Crippen LogP contribution in [0.3, 0.4) is 0 Å². The van der Waals surface area contributed by atoms with Crippen LogP contribution < -0.4 is 4.74 Å². The van der Waals surface area contributed by atoms with Crippen LogP contribution in [0.15, 0.2) is 54.6 Å². The molecule has 2 rings (SSSR count). The normalized spacial score (nSPS) is 12.0. The first kappa shape index (κ1) is 16.1. The molecular formula is C19H22O3. The molecule has 1 unspecified atom stereocenters. The fraction of sp³-hybridized carbons (Fsp3) is 0.316. The lowest BCUT2D eigenvalue weighted by Gasteiger charge is -2.17. The molecular weight excluding hydrogens is 276 g/mol. The number of esters is 1. The summed E-state index contributed by atoms with van der Waals surface area (Å²) in [5.74, 6) is 0.780. The fourth-order valence-corrected chi connectivity index (χ4v) is 2.23. The Morgan fingerprint density at radius 1 is 1.00 bits per heavy atom. The van der Waals surface area contributed by atoms with Crippen LogP contribution in [-0.4, -0.2) is 19.2 Å². The Hall–Kier alpha value is -2.29. The highest BCUT2D eigenvalue weighted by Gasteiger charge is 2.21. The van der Waals surface area contributed by atoms with Gasteiger partial charge in [-0.15, -0.1) is 0 Å². The SMILES string of the molecule is COC(=O)C(Cc1ccccc1)Oc1ccc(C(C)C)cc1. The van der Waals surface area contributed by atoms with Crippen LogP contribution >= 0.6 is 0 Å². The summed E-state index contributed by atoms with van der Waals surface area (Å²) in [5.41, 5.74) is 2.28. The molecule has 0 saturated carbocycles. The molecule has 0 heterocycles. The first-order chi connectivity index (χ1) is 10.6. The number of carbonyl (C=O) groups excluding carboxylic acids is 1. The van der Waals surface area contributed by atoms with Crippen LogP contribution in [0.2, 0.25) is 0 Å². The molecule has 1 atom stereocenters. The summed E-state index contributed by atoms with van der Waals surface area (Å²) in [4.78, 5) is 11.9. The first-order valence-corrected chi connectivity index (χ1v) is 7.48. The van der Waals surface area contributed by atoms with Crippen LogP contribution in [0.25, 0.3) is 0 Å². The van der Waals surface area contributed by atoms with E-state index in [9.17, 15) is 4.79 Å². The summed E-state index contributed by atoms with van der Waals surface area (Å²) in [6.07, 6.45) is -0.156.